The van der Waals surface area contributed by atoms with Crippen molar-refractivity contribution < 1.29 is 18.8 Å². The van der Waals surface area contributed by atoms with Crippen LogP contribution in [0.25, 0.3) is 10.8 Å². The van der Waals surface area contributed by atoms with Gasteiger partial charge >= 0.3 is 0 Å². The highest BCUT2D eigenvalue weighted by molar-refractivity contribution is 6.35. The van der Waals surface area contributed by atoms with Gasteiger partial charge in [0, 0.05) is 44.9 Å². The number of aromatic amines is 1. The molecule has 0 radical (unpaired) electrons. The largest absolute Gasteiger partial charge is 0.337 e. The number of ketones is 1. The van der Waals surface area contributed by atoms with Crippen molar-refractivity contribution in [2.75, 3.05) is 26.2 Å². The second-order valence-corrected chi connectivity index (χ2v) is 8.03. The van der Waals surface area contributed by atoms with Crippen LogP contribution in [0.1, 0.15) is 35.0 Å². The third-order valence-electron chi connectivity index (χ3n) is 5.78. The molecule has 3 aromatic rings. The van der Waals surface area contributed by atoms with Crippen molar-refractivity contribution >= 4 is 28.4 Å². The van der Waals surface area contributed by atoms with Gasteiger partial charge in [-0.25, -0.2) is 9.49 Å². The van der Waals surface area contributed by atoms with Crippen molar-refractivity contribution in [2.45, 2.75) is 19.8 Å². The molecule has 0 unspecified atom stereocenters. The maximum atomic E-state index is 14.6. The fourth-order valence-electron chi connectivity index (χ4n) is 4.06. The van der Waals surface area contributed by atoms with E-state index in [2.05, 4.69) is 10.2 Å². The van der Waals surface area contributed by atoms with Crippen LogP contribution in [-0.4, -0.2) is 63.8 Å². The Kier molecular flexibility index (Phi) is 6.30. The summed E-state index contributed by atoms with van der Waals surface area (Å²) in [5, 5.41) is 7.83. The highest BCUT2D eigenvalue weighted by Crippen LogP contribution is 2.20. The van der Waals surface area contributed by atoms with Gasteiger partial charge in [-0.3, -0.25) is 19.2 Å². The van der Waals surface area contributed by atoms with E-state index in [1.165, 1.54) is 28.9 Å². The second-order valence-electron chi connectivity index (χ2n) is 8.03. The van der Waals surface area contributed by atoms with Crippen molar-refractivity contribution in [2.24, 2.45) is 0 Å². The first kappa shape index (κ1) is 22.3. The van der Waals surface area contributed by atoms with Gasteiger partial charge in [0.15, 0.2) is 0 Å². The molecule has 2 heterocycles. The van der Waals surface area contributed by atoms with E-state index >= 15 is 0 Å². The number of rotatable bonds is 4. The minimum Gasteiger partial charge on any atom is -0.337 e. The van der Waals surface area contributed by atoms with Crippen LogP contribution in [0.15, 0.2) is 47.3 Å². The maximum absolute atomic E-state index is 14.6. The number of aromatic nitrogens is 2. The SMILES string of the molecule is CC(=O)C(=O)N1CCCN(C(=O)c2cc(Cc3n[nH]c(=O)c4ccccc34)ccc2F)CC1. The number of fused-ring (bicyclic) bond motifs is 1. The van der Waals surface area contributed by atoms with Crippen molar-refractivity contribution in [3.05, 3.63) is 75.5 Å². The number of nitrogens with one attached hydrogen (secondary N) is 1. The Hall–Kier alpha value is -3.88. The smallest absolute Gasteiger partial charge is 0.289 e. The molecule has 170 valence electrons. The molecule has 8 nitrogen and oxygen atoms in total. The summed E-state index contributed by atoms with van der Waals surface area (Å²) in [4.78, 5) is 51.4. The van der Waals surface area contributed by atoms with Crippen LogP contribution in [0.4, 0.5) is 4.39 Å². The molecule has 4 rings (SSSR count). The number of Topliss-reactive ketones (excluding diaryl/α,β-unsaturated/α-hetero) is 1. The first-order valence-corrected chi connectivity index (χ1v) is 10.7. The Labute approximate surface area is 189 Å². The summed E-state index contributed by atoms with van der Waals surface area (Å²) in [6, 6.07) is 11.4. The number of hydrogen-bond donors (Lipinski definition) is 1. The van der Waals surface area contributed by atoms with Crippen LogP contribution >= 0.6 is 0 Å². The average molecular weight is 450 g/mol. The van der Waals surface area contributed by atoms with E-state index in [0.717, 1.165) is 0 Å². The molecule has 1 N–H and O–H groups in total. The third-order valence-corrected chi connectivity index (χ3v) is 5.78. The zero-order valence-electron chi connectivity index (χ0n) is 18.1. The molecule has 1 fully saturated rings. The van der Waals surface area contributed by atoms with E-state index in [4.69, 9.17) is 0 Å². The Morgan fingerprint density at radius 2 is 1.70 bits per heavy atom. The van der Waals surface area contributed by atoms with Gasteiger partial charge < -0.3 is 9.80 Å². The lowest BCUT2D eigenvalue weighted by Gasteiger charge is -2.22. The Balaban J connectivity index is 1.56. The molecular weight excluding hydrogens is 427 g/mol. The van der Waals surface area contributed by atoms with E-state index in [9.17, 15) is 23.6 Å². The van der Waals surface area contributed by atoms with Crippen LogP contribution < -0.4 is 5.56 Å². The van der Waals surface area contributed by atoms with Crippen molar-refractivity contribution in [1.29, 1.82) is 0 Å². The number of carbonyl (C=O) groups is 3. The van der Waals surface area contributed by atoms with Crippen LogP contribution in [0, 0.1) is 5.82 Å². The third kappa shape index (κ3) is 4.67. The van der Waals surface area contributed by atoms with Crippen LogP contribution in [0.2, 0.25) is 0 Å². The molecule has 1 aliphatic heterocycles. The van der Waals surface area contributed by atoms with Gasteiger partial charge in [-0.15, -0.1) is 0 Å². The molecule has 0 spiro atoms. The zero-order valence-corrected chi connectivity index (χ0v) is 18.1. The predicted octanol–water partition coefficient (Wildman–Crippen LogP) is 1.92. The Morgan fingerprint density at radius 1 is 1.00 bits per heavy atom. The van der Waals surface area contributed by atoms with Crippen LogP contribution in [0.5, 0.6) is 0 Å². The lowest BCUT2D eigenvalue weighted by atomic mass is 10.0. The quantitative estimate of drug-likeness (QED) is 0.612. The number of halogens is 1. The maximum Gasteiger partial charge on any atom is 0.289 e. The standard InChI is InChI=1S/C24H23FN4O4/c1-15(30)23(32)28-9-4-10-29(12-11-28)24(33)19-13-16(7-8-20(19)25)14-21-17-5-2-3-6-18(17)22(31)27-26-21/h2-3,5-8,13H,4,9-12,14H2,1H3,(H,27,31). The number of amides is 2. The number of hydrogen-bond acceptors (Lipinski definition) is 5. The zero-order chi connectivity index (χ0) is 23.5. The van der Waals surface area contributed by atoms with E-state index in [0.29, 0.717) is 48.0 Å². The molecule has 0 saturated carbocycles. The fourth-order valence-corrected chi connectivity index (χ4v) is 4.06. The first-order valence-electron chi connectivity index (χ1n) is 10.7. The number of carbonyl (C=O) groups excluding carboxylic acids is 3. The summed E-state index contributed by atoms with van der Waals surface area (Å²) < 4.78 is 14.6. The van der Waals surface area contributed by atoms with E-state index in [1.807, 2.05) is 6.07 Å². The molecule has 2 amide bonds. The fraction of sp³-hybridized carbons (Fsp3) is 0.292. The molecule has 9 heteroatoms. The van der Waals surface area contributed by atoms with Crippen molar-refractivity contribution in [3.63, 3.8) is 0 Å². The lowest BCUT2D eigenvalue weighted by Crippen LogP contribution is -2.39. The van der Waals surface area contributed by atoms with E-state index in [1.54, 1.807) is 24.3 Å². The summed E-state index contributed by atoms with van der Waals surface area (Å²) in [6.07, 6.45) is 0.804. The topological polar surface area (TPSA) is 103 Å². The van der Waals surface area contributed by atoms with Gasteiger partial charge in [0.1, 0.15) is 5.82 Å². The van der Waals surface area contributed by atoms with Gasteiger partial charge in [0.2, 0.25) is 5.78 Å². The number of nitrogens with zero attached hydrogens (tertiary/aromatic N) is 3. The molecule has 33 heavy (non-hydrogen) atoms. The van der Waals surface area contributed by atoms with Crippen molar-refractivity contribution in [3.8, 4) is 0 Å². The van der Waals surface area contributed by atoms with Gasteiger partial charge in [0.25, 0.3) is 17.4 Å². The summed E-state index contributed by atoms with van der Waals surface area (Å²) >= 11 is 0. The Morgan fingerprint density at radius 3 is 2.45 bits per heavy atom. The highest BCUT2D eigenvalue weighted by atomic mass is 19.1. The molecule has 1 aliphatic rings. The molecule has 2 aromatic carbocycles. The summed E-state index contributed by atoms with van der Waals surface area (Å²) in [5.41, 5.74) is 0.936. The molecule has 0 atom stereocenters. The summed E-state index contributed by atoms with van der Waals surface area (Å²) in [5.74, 6) is -2.22. The molecular formula is C24H23FN4O4. The Bertz CT molecular complexity index is 1300. The van der Waals surface area contributed by atoms with Crippen molar-refractivity contribution in [1.82, 2.24) is 20.0 Å². The highest BCUT2D eigenvalue weighted by Gasteiger charge is 2.26. The summed E-state index contributed by atoms with van der Waals surface area (Å²) in [7, 11) is 0. The van der Waals surface area contributed by atoms with Crippen LogP contribution in [-0.2, 0) is 16.0 Å². The molecule has 0 bridgehead atoms. The van der Waals surface area contributed by atoms with Gasteiger partial charge in [-0.05, 0) is 30.2 Å². The number of H-pyrrole nitrogens is 1. The second kappa shape index (κ2) is 9.32. The lowest BCUT2D eigenvalue weighted by molar-refractivity contribution is -0.143. The predicted molar refractivity (Wildman–Crippen MR) is 119 cm³/mol. The first-order chi connectivity index (χ1) is 15.8. The van der Waals surface area contributed by atoms with Gasteiger partial charge in [-0.2, -0.15) is 5.10 Å². The summed E-state index contributed by atoms with van der Waals surface area (Å²) in [6.45, 7) is 2.38. The molecule has 1 aromatic heterocycles. The normalized spacial score (nSPS) is 14.2. The monoisotopic (exact) mass is 450 g/mol. The molecule has 1 saturated heterocycles. The van der Waals surface area contributed by atoms with Crippen LogP contribution in [0.3, 0.4) is 0 Å². The number of benzene rings is 2. The average Bonchev–Trinajstić information content (AvgIpc) is 3.07. The van der Waals surface area contributed by atoms with Gasteiger partial charge in [-0.1, -0.05) is 24.3 Å². The molecule has 0 aliphatic carbocycles. The van der Waals surface area contributed by atoms with Gasteiger partial charge in [0.05, 0.1) is 16.6 Å². The minimum atomic E-state index is -0.635. The minimum absolute atomic E-state index is 0.0624. The van der Waals surface area contributed by atoms with E-state index < -0.39 is 23.4 Å². The van der Waals surface area contributed by atoms with E-state index in [-0.39, 0.29) is 24.2 Å².